The van der Waals surface area contributed by atoms with Crippen LogP contribution in [0.3, 0.4) is 0 Å². The van der Waals surface area contributed by atoms with Gasteiger partial charge in [-0.05, 0) is 24.6 Å². The molecule has 0 saturated heterocycles. The van der Waals surface area contributed by atoms with Crippen LogP contribution in [-0.4, -0.2) is 24.0 Å². The number of carbonyl (C=O) groups excluding carboxylic acids is 2. The Morgan fingerprint density at radius 2 is 2.19 bits per heavy atom. The average molecular weight is 369 g/mol. The predicted octanol–water partition coefficient (Wildman–Crippen LogP) is 3.18. The fourth-order valence-corrected chi connectivity index (χ4v) is 2.74. The first-order chi connectivity index (χ1) is 9.99. The molecule has 0 radical (unpaired) electrons. The number of methoxy groups -OCH3 is 1. The van der Waals surface area contributed by atoms with E-state index in [-0.39, 0.29) is 18.3 Å². The van der Waals surface area contributed by atoms with Crippen LogP contribution in [0.1, 0.15) is 21.6 Å². The SMILES string of the molecule is COC(=O)Cc1csc(NC(=O)c2cc(Br)ccc2C)n1. The van der Waals surface area contributed by atoms with Crippen molar-refractivity contribution in [3.63, 3.8) is 0 Å². The summed E-state index contributed by atoms with van der Waals surface area (Å²) in [4.78, 5) is 27.6. The van der Waals surface area contributed by atoms with Crippen molar-refractivity contribution in [3.05, 3.63) is 44.9 Å². The van der Waals surface area contributed by atoms with E-state index in [0.29, 0.717) is 16.4 Å². The summed E-state index contributed by atoms with van der Waals surface area (Å²) in [5, 5.41) is 4.91. The average Bonchev–Trinajstić information content (AvgIpc) is 2.88. The Bertz CT molecular complexity index is 685. The van der Waals surface area contributed by atoms with Crippen LogP contribution in [0, 0.1) is 6.92 Å². The molecule has 1 aromatic carbocycles. The summed E-state index contributed by atoms with van der Waals surface area (Å²) < 4.78 is 5.41. The highest BCUT2D eigenvalue weighted by Gasteiger charge is 2.13. The highest BCUT2D eigenvalue weighted by atomic mass is 79.9. The number of hydrogen-bond acceptors (Lipinski definition) is 5. The second-order valence-electron chi connectivity index (χ2n) is 4.31. The second-order valence-corrected chi connectivity index (χ2v) is 6.08. The molecule has 0 unspecified atom stereocenters. The molecule has 21 heavy (non-hydrogen) atoms. The summed E-state index contributed by atoms with van der Waals surface area (Å²) >= 11 is 4.62. The third-order valence-corrected chi connectivity index (χ3v) is 4.07. The number of benzene rings is 1. The predicted molar refractivity (Wildman–Crippen MR) is 84.7 cm³/mol. The van der Waals surface area contributed by atoms with Crippen molar-refractivity contribution in [1.29, 1.82) is 0 Å². The van der Waals surface area contributed by atoms with Gasteiger partial charge in [-0.3, -0.25) is 14.9 Å². The van der Waals surface area contributed by atoms with Crippen LogP contribution in [0.25, 0.3) is 0 Å². The maximum absolute atomic E-state index is 12.2. The molecule has 1 amide bonds. The zero-order valence-corrected chi connectivity index (χ0v) is 13.9. The van der Waals surface area contributed by atoms with Crippen molar-refractivity contribution >= 4 is 44.3 Å². The molecule has 5 nitrogen and oxygen atoms in total. The first-order valence-corrected chi connectivity index (χ1v) is 7.75. The van der Waals surface area contributed by atoms with Gasteiger partial charge in [0, 0.05) is 15.4 Å². The molecular formula is C14H13BrN2O3S. The van der Waals surface area contributed by atoms with E-state index in [0.717, 1.165) is 10.0 Å². The molecule has 0 bridgehead atoms. The number of carbonyl (C=O) groups is 2. The monoisotopic (exact) mass is 368 g/mol. The Balaban J connectivity index is 2.09. The molecule has 1 heterocycles. The van der Waals surface area contributed by atoms with Gasteiger partial charge in [-0.15, -0.1) is 11.3 Å². The Hall–Kier alpha value is -1.73. The van der Waals surface area contributed by atoms with Crippen LogP contribution in [-0.2, 0) is 16.0 Å². The van der Waals surface area contributed by atoms with E-state index in [4.69, 9.17) is 0 Å². The number of thiazole rings is 1. The Morgan fingerprint density at radius 3 is 2.90 bits per heavy atom. The van der Waals surface area contributed by atoms with Crippen LogP contribution >= 0.6 is 27.3 Å². The number of halogens is 1. The molecule has 0 aliphatic carbocycles. The van der Waals surface area contributed by atoms with E-state index < -0.39 is 0 Å². The third-order valence-electron chi connectivity index (χ3n) is 2.77. The molecule has 0 aliphatic heterocycles. The summed E-state index contributed by atoms with van der Waals surface area (Å²) in [5.74, 6) is -0.589. The first kappa shape index (κ1) is 15.7. The summed E-state index contributed by atoms with van der Waals surface area (Å²) in [6, 6.07) is 5.50. The minimum atomic E-state index is -0.360. The van der Waals surface area contributed by atoms with Crippen LogP contribution < -0.4 is 5.32 Å². The molecule has 0 fully saturated rings. The molecule has 0 aliphatic rings. The van der Waals surface area contributed by atoms with Gasteiger partial charge in [0.15, 0.2) is 5.13 Å². The molecule has 1 aromatic heterocycles. The second kappa shape index (κ2) is 6.82. The zero-order chi connectivity index (χ0) is 15.4. The van der Waals surface area contributed by atoms with Crippen LogP contribution in [0.2, 0.25) is 0 Å². The fraction of sp³-hybridized carbons (Fsp3) is 0.214. The Labute approximate surface area is 134 Å². The van der Waals surface area contributed by atoms with Crippen molar-refractivity contribution in [2.24, 2.45) is 0 Å². The molecule has 0 spiro atoms. The van der Waals surface area contributed by atoms with Crippen LogP contribution in [0.5, 0.6) is 0 Å². The van der Waals surface area contributed by atoms with Gasteiger partial charge >= 0.3 is 5.97 Å². The molecule has 2 aromatic rings. The van der Waals surface area contributed by atoms with Gasteiger partial charge in [-0.25, -0.2) is 4.98 Å². The molecule has 110 valence electrons. The van der Waals surface area contributed by atoms with E-state index >= 15 is 0 Å². The smallest absolute Gasteiger partial charge is 0.311 e. The lowest BCUT2D eigenvalue weighted by molar-refractivity contribution is -0.139. The van der Waals surface area contributed by atoms with Gasteiger partial charge in [0.05, 0.1) is 19.2 Å². The lowest BCUT2D eigenvalue weighted by atomic mass is 10.1. The maximum atomic E-state index is 12.2. The van der Waals surface area contributed by atoms with E-state index in [1.54, 1.807) is 11.4 Å². The molecule has 7 heteroatoms. The third kappa shape index (κ3) is 4.12. The molecule has 2 rings (SSSR count). The molecule has 0 saturated carbocycles. The number of aryl methyl sites for hydroxylation is 1. The molecule has 1 N–H and O–H groups in total. The number of nitrogens with zero attached hydrogens (tertiary/aromatic N) is 1. The van der Waals surface area contributed by atoms with Gasteiger partial charge in [-0.2, -0.15) is 0 Å². The number of aromatic nitrogens is 1. The van der Waals surface area contributed by atoms with Crippen molar-refractivity contribution < 1.29 is 14.3 Å². The van der Waals surface area contributed by atoms with Gasteiger partial charge in [0.2, 0.25) is 0 Å². The number of hydrogen-bond donors (Lipinski definition) is 1. The van der Waals surface area contributed by atoms with Crippen molar-refractivity contribution in [2.45, 2.75) is 13.3 Å². The van der Waals surface area contributed by atoms with E-state index in [2.05, 4.69) is 31.0 Å². The largest absolute Gasteiger partial charge is 0.469 e. The number of anilines is 1. The van der Waals surface area contributed by atoms with Gasteiger partial charge < -0.3 is 4.74 Å². The minimum absolute atomic E-state index is 0.0960. The van der Waals surface area contributed by atoms with E-state index in [1.807, 2.05) is 19.1 Å². The van der Waals surface area contributed by atoms with Crippen molar-refractivity contribution in [1.82, 2.24) is 4.98 Å². The normalized spacial score (nSPS) is 10.2. The number of rotatable bonds is 4. The van der Waals surface area contributed by atoms with Crippen LogP contribution in [0.4, 0.5) is 5.13 Å². The highest BCUT2D eigenvalue weighted by molar-refractivity contribution is 9.10. The maximum Gasteiger partial charge on any atom is 0.311 e. The Morgan fingerprint density at radius 1 is 1.43 bits per heavy atom. The summed E-state index contributed by atoms with van der Waals surface area (Å²) in [6.07, 6.45) is 0.0960. The molecular weight excluding hydrogens is 356 g/mol. The lowest BCUT2D eigenvalue weighted by Crippen LogP contribution is -2.13. The molecule has 0 atom stereocenters. The van der Waals surface area contributed by atoms with E-state index in [1.165, 1.54) is 18.4 Å². The summed E-state index contributed by atoms with van der Waals surface area (Å²) in [7, 11) is 1.33. The quantitative estimate of drug-likeness (QED) is 0.841. The zero-order valence-electron chi connectivity index (χ0n) is 11.5. The van der Waals surface area contributed by atoms with Crippen molar-refractivity contribution in [2.75, 3.05) is 12.4 Å². The Kier molecular flexibility index (Phi) is 5.08. The highest BCUT2D eigenvalue weighted by Crippen LogP contribution is 2.20. The van der Waals surface area contributed by atoms with Gasteiger partial charge in [0.25, 0.3) is 5.91 Å². The number of amides is 1. The first-order valence-electron chi connectivity index (χ1n) is 6.08. The van der Waals surface area contributed by atoms with E-state index in [9.17, 15) is 9.59 Å². The summed E-state index contributed by atoms with van der Waals surface area (Å²) in [5.41, 5.74) is 2.03. The number of ether oxygens (including phenoxy) is 1. The fourth-order valence-electron chi connectivity index (χ4n) is 1.67. The van der Waals surface area contributed by atoms with Crippen molar-refractivity contribution in [3.8, 4) is 0 Å². The summed E-state index contributed by atoms with van der Waals surface area (Å²) in [6.45, 7) is 1.87. The van der Waals surface area contributed by atoms with Crippen LogP contribution in [0.15, 0.2) is 28.1 Å². The standard InChI is InChI=1S/C14H13BrN2O3S/c1-8-3-4-9(15)5-11(8)13(19)17-14-16-10(7-21-14)6-12(18)20-2/h3-5,7H,6H2,1-2H3,(H,16,17,19). The topological polar surface area (TPSA) is 68.3 Å². The lowest BCUT2D eigenvalue weighted by Gasteiger charge is -2.05. The number of nitrogens with one attached hydrogen (secondary N) is 1. The minimum Gasteiger partial charge on any atom is -0.469 e. The van der Waals surface area contributed by atoms with Gasteiger partial charge in [-0.1, -0.05) is 22.0 Å². The number of esters is 1. The van der Waals surface area contributed by atoms with Gasteiger partial charge in [0.1, 0.15) is 0 Å².